The summed E-state index contributed by atoms with van der Waals surface area (Å²) in [5, 5.41) is 3.68. The zero-order chi connectivity index (χ0) is 20.2. The van der Waals surface area contributed by atoms with E-state index >= 15 is 0 Å². The van der Waals surface area contributed by atoms with Crippen molar-refractivity contribution in [2.45, 2.75) is 32.7 Å². The summed E-state index contributed by atoms with van der Waals surface area (Å²) in [4.78, 5) is 4.80. The molecule has 154 valence electrons. The zero-order valence-electron chi connectivity index (χ0n) is 17.0. The summed E-state index contributed by atoms with van der Waals surface area (Å²) in [6.07, 6.45) is 2.54. The molecule has 0 amide bonds. The first kappa shape index (κ1) is 20.2. The number of thioether (sulfide) groups is 1. The van der Waals surface area contributed by atoms with Crippen molar-refractivity contribution in [2.75, 3.05) is 24.7 Å². The Labute approximate surface area is 175 Å². The topological polar surface area (TPSA) is 39.1 Å². The predicted octanol–water partition coefficient (Wildman–Crippen LogP) is 5.36. The molecule has 2 aromatic carbocycles. The normalized spacial score (nSPS) is 16.2. The number of nitrogens with one attached hydrogen (secondary N) is 1. The highest BCUT2D eigenvalue weighted by Crippen LogP contribution is 2.28. The molecule has 1 fully saturated rings. The van der Waals surface area contributed by atoms with Crippen molar-refractivity contribution in [3.8, 4) is 11.4 Å². The van der Waals surface area contributed by atoms with Gasteiger partial charge in [0.15, 0.2) is 0 Å². The molecule has 0 unspecified atom stereocenters. The van der Waals surface area contributed by atoms with Gasteiger partial charge in [-0.3, -0.25) is 4.57 Å². The summed E-state index contributed by atoms with van der Waals surface area (Å²) >= 11 is 2.05. The van der Waals surface area contributed by atoms with Gasteiger partial charge in [-0.25, -0.2) is 9.37 Å². The molecule has 29 heavy (non-hydrogen) atoms. The molecule has 2 heterocycles. The fourth-order valence-corrected chi connectivity index (χ4v) is 5.08. The van der Waals surface area contributed by atoms with Gasteiger partial charge in [-0.05, 0) is 87.1 Å². The van der Waals surface area contributed by atoms with Gasteiger partial charge in [-0.1, -0.05) is 0 Å². The molecule has 1 atom stereocenters. The molecule has 1 aliphatic rings. The largest absolute Gasteiger partial charge is 0.494 e. The summed E-state index contributed by atoms with van der Waals surface area (Å²) < 4.78 is 21.5. The summed E-state index contributed by atoms with van der Waals surface area (Å²) in [5.74, 6) is 4.71. The van der Waals surface area contributed by atoms with Crippen molar-refractivity contribution < 1.29 is 9.13 Å². The Hall–Kier alpha value is -2.05. The number of imidazole rings is 1. The van der Waals surface area contributed by atoms with Gasteiger partial charge in [0.25, 0.3) is 0 Å². The summed E-state index contributed by atoms with van der Waals surface area (Å²) in [5.41, 5.74) is 2.59. The number of fused-ring (bicyclic) bond motifs is 1. The molecular weight excluding hydrogens is 385 g/mol. The minimum absolute atomic E-state index is 0.0617. The zero-order valence-corrected chi connectivity index (χ0v) is 17.8. The van der Waals surface area contributed by atoms with Gasteiger partial charge in [0.1, 0.15) is 17.4 Å². The molecule has 3 aromatic rings. The van der Waals surface area contributed by atoms with Gasteiger partial charge < -0.3 is 10.1 Å². The number of hydrogen-bond acceptors (Lipinski definition) is 4. The molecule has 0 bridgehead atoms. The SMILES string of the molecule is CCOc1ccc(-n2c([C@@H](C)NCC3CCSCC3)nc3cc(F)ccc32)cc1. The summed E-state index contributed by atoms with van der Waals surface area (Å²) in [7, 11) is 0. The molecule has 1 N–H and O–H groups in total. The van der Waals surface area contributed by atoms with Gasteiger partial charge >= 0.3 is 0 Å². The Morgan fingerprint density at radius 2 is 1.97 bits per heavy atom. The molecule has 0 spiro atoms. The van der Waals surface area contributed by atoms with Crippen molar-refractivity contribution in [2.24, 2.45) is 5.92 Å². The van der Waals surface area contributed by atoms with Crippen molar-refractivity contribution in [3.05, 3.63) is 54.1 Å². The smallest absolute Gasteiger partial charge is 0.131 e. The number of nitrogens with zero attached hydrogens (tertiary/aromatic N) is 2. The average Bonchev–Trinajstić information content (AvgIpc) is 3.12. The fourth-order valence-electron chi connectivity index (χ4n) is 3.88. The lowest BCUT2D eigenvalue weighted by atomic mass is 10.0. The highest BCUT2D eigenvalue weighted by Gasteiger charge is 2.20. The number of halogens is 1. The van der Waals surface area contributed by atoms with Crippen LogP contribution in [0.4, 0.5) is 4.39 Å². The molecule has 1 aliphatic heterocycles. The molecule has 0 radical (unpaired) electrons. The molecular formula is C23H28FN3OS. The Balaban J connectivity index is 1.65. The fraction of sp³-hybridized carbons (Fsp3) is 0.435. The lowest BCUT2D eigenvalue weighted by Crippen LogP contribution is -2.29. The highest BCUT2D eigenvalue weighted by atomic mass is 32.2. The van der Waals surface area contributed by atoms with Crippen LogP contribution in [-0.2, 0) is 0 Å². The van der Waals surface area contributed by atoms with E-state index in [4.69, 9.17) is 9.72 Å². The van der Waals surface area contributed by atoms with Crippen molar-refractivity contribution in [3.63, 3.8) is 0 Å². The van der Waals surface area contributed by atoms with E-state index < -0.39 is 0 Å². The van der Waals surface area contributed by atoms with Crippen LogP contribution < -0.4 is 10.1 Å². The van der Waals surface area contributed by atoms with E-state index in [1.54, 1.807) is 0 Å². The van der Waals surface area contributed by atoms with Crippen LogP contribution in [0.1, 0.15) is 38.6 Å². The first-order chi connectivity index (χ1) is 14.2. The summed E-state index contributed by atoms with van der Waals surface area (Å²) in [6, 6.07) is 12.9. The number of rotatable bonds is 7. The Bertz CT molecular complexity index is 951. The van der Waals surface area contributed by atoms with Crippen LogP contribution in [0.2, 0.25) is 0 Å². The van der Waals surface area contributed by atoms with E-state index in [2.05, 4.69) is 16.8 Å². The van der Waals surface area contributed by atoms with Crippen LogP contribution in [0.3, 0.4) is 0 Å². The Kier molecular flexibility index (Phi) is 6.40. The third kappa shape index (κ3) is 4.59. The number of ether oxygens (including phenoxy) is 1. The second-order valence-corrected chi connectivity index (χ2v) is 8.78. The molecule has 4 rings (SSSR count). The lowest BCUT2D eigenvalue weighted by molar-refractivity contribution is 0.340. The van der Waals surface area contributed by atoms with E-state index in [9.17, 15) is 4.39 Å². The van der Waals surface area contributed by atoms with E-state index in [0.717, 1.165) is 35.2 Å². The molecule has 6 heteroatoms. The molecule has 1 saturated heterocycles. The third-order valence-corrected chi connectivity index (χ3v) is 6.54. The first-order valence-electron chi connectivity index (χ1n) is 10.4. The van der Waals surface area contributed by atoms with Crippen molar-refractivity contribution >= 4 is 22.8 Å². The molecule has 4 nitrogen and oxygen atoms in total. The van der Waals surface area contributed by atoms with Crippen LogP contribution in [0.25, 0.3) is 16.7 Å². The van der Waals surface area contributed by atoms with Crippen molar-refractivity contribution in [1.82, 2.24) is 14.9 Å². The van der Waals surface area contributed by atoms with Crippen LogP contribution in [0, 0.1) is 11.7 Å². The minimum Gasteiger partial charge on any atom is -0.494 e. The third-order valence-electron chi connectivity index (χ3n) is 5.49. The lowest BCUT2D eigenvalue weighted by Gasteiger charge is -2.24. The van der Waals surface area contributed by atoms with Gasteiger partial charge in [0, 0.05) is 11.8 Å². The molecule has 0 saturated carbocycles. The molecule has 0 aliphatic carbocycles. The Morgan fingerprint density at radius 3 is 2.69 bits per heavy atom. The number of hydrogen-bond donors (Lipinski definition) is 1. The van der Waals surface area contributed by atoms with E-state index in [1.807, 2.05) is 49.0 Å². The minimum atomic E-state index is -0.263. The van der Waals surface area contributed by atoms with Crippen LogP contribution >= 0.6 is 11.8 Å². The van der Waals surface area contributed by atoms with E-state index in [-0.39, 0.29) is 11.9 Å². The number of aromatic nitrogens is 2. The first-order valence-corrected chi connectivity index (χ1v) is 11.5. The maximum Gasteiger partial charge on any atom is 0.131 e. The maximum absolute atomic E-state index is 13.8. The average molecular weight is 414 g/mol. The monoisotopic (exact) mass is 413 g/mol. The quantitative estimate of drug-likeness (QED) is 0.566. The summed E-state index contributed by atoms with van der Waals surface area (Å²) in [6.45, 7) is 5.74. The second-order valence-electron chi connectivity index (χ2n) is 7.55. The van der Waals surface area contributed by atoms with Crippen LogP contribution in [0.5, 0.6) is 5.75 Å². The van der Waals surface area contributed by atoms with Gasteiger partial charge in [0.2, 0.25) is 0 Å². The molecule has 1 aromatic heterocycles. The Morgan fingerprint density at radius 1 is 1.21 bits per heavy atom. The van der Waals surface area contributed by atoms with E-state index in [0.29, 0.717) is 12.1 Å². The second kappa shape index (κ2) is 9.18. The standard InChI is InChI=1S/C23H28FN3OS/c1-3-28-20-7-5-19(6-8-20)27-22-9-4-18(24)14-21(22)26-23(27)16(2)25-15-17-10-12-29-13-11-17/h4-9,14,16-17,25H,3,10-13,15H2,1-2H3/t16-/m1/s1. The number of benzene rings is 2. The predicted molar refractivity (Wildman–Crippen MR) is 119 cm³/mol. The highest BCUT2D eigenvalue weighted by molar-refractivity contribution is 7.99. The van der Waals surface area contributed by atoms with Crippen LogP contribution in [0.15, 0.2) is 42.5 Å². The van der Waals surface area contributed by atoms with Gasteiger partial charge in [0.05, 0.1) is 23.7 Å². The van der Waals surface area contributed by atoms with Crippen LogP contribution in [-0.4, -0.2) is 34.2 Å². The maximum atomic E-state index is 13.8. The van der Waals surface area contributed by atoms with E-state index in [1.165, 1.54) is 36.5 Å². The van der Waals surface area contributed by atoms with Crippen molar-refractivity contribution in [1.29, 1.82) is 0 Å². The van der Waals surface area contributed by atoms with Gasteiger partial charge in [-0.2, -0.15) is 11.8 Å². The van der Waals surface area contributed by atoms with Gasteiger partial charge in [-0.15, -0.1) is 0 Å².